The number of ketones is 1. The van der Waals surface area contributed by atoms with E-state index in [1.54, 1.807) is 67.6 Å². The van der Waals surface area contributed by atoms with E-state index < -0.39 is 24.1 Å². The predicted octanol–water partition coefficient (Wildman–Crippen LogP) is 5.50. The van der Waals surface area contributed by atoms with Crippen molar-refractivity contribution in [2.45, 2.75) is 13.5 Å². The first kappa shape index (κ1) is 28.9. The number of carbonyl (C=O) groups excluding carboxylic acids is 3. The van der Waals surface area contributed by atoms with E-state index in [4.69, 9.17) is 16.3 Å². The van der Waals surface area contributed by atoms with Crippen molar-refractivity contribution < 1.29 is 23.5 Å². The smallest absolute Gasteiger partial charge is 0.293 e. The average molecular weight is 574 g/mol. The van der Waals surface area contributed by atoms with Crippen molar-refractivity contribution in [1.29, 1.82) is 0 Å². The number of amides is 2. The highest BCUT2D eigenvalue weighted by atomic mass is 35.5. The Bertz CT molecular complexity index is 1660. The molecule has 4 aromatic rings. The second-order valence-corrected chi connectivity index (χ2v) is 9.03. The molecule has 208 valence electrons. The van der Waals surface area contributed by atoms with Crippen LogP contribution in [0, 0.1) is 5.82 Å². The lowest BCUT2D eigenvalue weighted by atomic mass is 10.2. The van der Waals surface area contributed by atoms with E-state index in [1.807, 2.05) is 0 Å². The van der Waals surface area contributed by atoms with E-state index in [-0.39, 0.29) is 12.4 Å². The fraction of sp³-hybridized carbons (Fsp3) is 0.100. The number of halogens is 2. The molecule has 0 unspecified atom stereocenters. The number of hydrogen-bond donors (Lipinski definition) is 3. The number of nitrogens with one attached hydrogen (secondary N) is 3. The lowest BCUT2D eigenvalue weighted by Gasteiger charge is -2.12. The van der Waals surface area contributed by atoms with Gasteiger partial charge >= 0.3 is 0 Å². The molecule has 3 aromatic carbocycles. The van der Waals surface area contributed by atoms with Gasteiger partial charge in [-0.3, -0.25) is 14.4 Å². The van der Waals surface area contributed by atoms with E-state index in [0.717, 1.165) is 0 Å². The number of nitrogens with zero attached hydrogens (tertiary/aromatic N) is 2. The lowest BCUT2D eigenvalue weighted by Crippen LogP contribution is -2.35. The Morgan fingerprint density at radius 2 is 1.83 bits per heavy atom. The molecule has 2 amide bonds. The zero-order valence-electron chi connectivity index (χ0n) is 21.9. The molecular formula is C30H25ClFN5O4. The maximum Gasteiger partial charge on any atom is 0.293 e. The third-order valence-corrected chi connectivity index (χ3v) is 5.89. The Morgan fingerprint density at radius 1 is 1.00 bits per heavy atom. The highest BCUT2D eigenvalue weighted by molar-refractivity contribution is 6.41. The van der Waals surface area contributed by atoms with Crippen LogP contribution in [0.3, 0.4) is 0 Å². The first-order valence-corrected chi connectivity index (χ1v) is 12.8. The van der Waals surface area contributed by atoms with Crippen LogP contribution in [0.4, 0.5) is 21.6 Å². The number of anilines is 3. The molecule has 0 aliphatic heterocycles. The minimum absolute atomic E-state index is 0.151. The second-order valence-electron chi connectivity index (χ2n) is 8.62. The van der Waals surface area contributed by atoms with Gasteiger partial charge in [-0.15, -0.1) is 0 Å². The summed E-state index contributed by atoms with van der Waals surface area (Å²) in [5, 5.41) is 8.98. The minimum atomic E-state index is -0.881. The van der Waals surface area contributed by atoms with Crippen LogP contribution < -0.4 is 20.7 Å². The summed E-state index contributed by atoms with van der Waals surface area (Å²) in [5.74, 6) is -1.67. The zero-order valence-corrected chi connectivity index (χ0v) is 22.6. The summed E-state index contributed by atoms with van der Waals surface area (Å²) < 4.78 is 19.1. The van der Waals surface area contributed by atoms with Crippen molar-refractivity contribution >= 4 is 57.3 Å². The minimum Gasteiger partial charge on any atom is -0.487 e. The Kier molecular flexibility index (Phi) is 9.74. The molecule has 41 heavy (non-hydrogen) atoms. The molecule has 4 rings (SSSR count). The van der Waals surface area contributed by atoms with Gasteiger partial charge in [-0.25, -0.2) is 14.4 Å². The van der Waals surface area contributed by atoms with Gasteiger partial charge in [0.2, 0.25) is 11.7 Å². The van der Waals surface area contributed by atoms with Crippen LogP contribution in [0.5, 0.6) is 5.75 Å². The van der Waals surface area contributed by atoms with Gasteiger partial charge in [-0.1, -0.05) is 42.0 Å². The van der Waals surface area contributed by atoms with Crippen LogP contribution in [-0.2, 0) is 21.0 Å². The van der Waals surface area contributed by atoms with Gasteiger partial charge in [0, 0.05) is 22.8 Å². The maximum absolute atomic E-state index is 13.4. The topological polar surface area (TPSA) is 122 Å². The number of carbonyl (C=O) groups is 3. The summed E-state index contributed by atoms with van der Waals surface area (Å²) in [4.78, 5) is 44.9. The largest absolute Gasteiger partial charge is 0.487 e. The number of aromatic nitrogens is 2. The maximum atomic E-state index is 13.4. The fourth-order valence-corrected chi connectivity index (χ4v) is 3.85. The molecule has 3 N–H and O–H groups in total. The summed E-state index contributed by atoms with van der Waals surface area (Å²) in [6.07, 6.45) is 7.57. The molecule has 0 fully saturated rings. The average Bonchev–Trinajstić information content (AvgIpc) is 2.96. The number of fused-ring (bicyclic) bond motifs is 1. The molecule has 0 radical (unpaired) electrons. The number of hydrogen-bond acceptors (Lipinski definition) is 7. The van der Waals surface area contributed by atoms with Gasteiger partial charge in [0.05, 0.1) is 17.1 Å². The third-order valence-electron chi connectivity index (χ3n) is 5.60. The van der Waals surface area contributed by atoms with Crippen LogP contribution in [0.1, 0.15) is 12.5 Å². The number of allylic oxidation sites excluding steroid dienone is 3. The number of rotatable bonds is 11. The van der Waals surface area contributed by atoms with Gasteiger partial charge in [0.15, 0.2) is 0 Å². The molecule has 9 nitrogen and oxygen atoms in total. The normalized spacial score (nSPS) is 11.1. The molecule has 0 aliphatic rings. The SMILES string of the molecule is C/C=C/C=C/C(=O)NCC(=O)C(=O)Nc1ccc2ncnc(Nc3ccc(OCc4cccc(F)c4)c(Cl)c3)c2c1. The Morgan fingerprint density at radius 3 is 2.61 bits per heavy atom. The predicted molar refractivity (Wildman–Crippen MR) is 156 cm³/mol. The van der Waals surface area contributed by atoms with Crippen LogP contribution in [-0.4, -0.2) is 34.1 Å². The Balaban J connectivity index is 1.42. The van der Waals surface area contributed by atoms with Crippen molar-refractivity contribution in [2.24, 2.45) is 0 Å². The molecule has 1 aromatic heterocycles. The van der Waals surface area contributed by atoms with Crippen molar-refractivity contribution in [3.05, 3.63) is 108 Å². The van der Waals surface area contributed by atoms with E-state index in [2.05, 4.69) is 25.9 Å². The van der Waals surface area contributed by atoms with E-state index in [9.17, 15) is 18.8 Å². The summed E-state index contributed by atoms with van der Waals surface area (Å²) in [5.41, 5.74) is 2.21. The first-order chi connectivity index (χ1) is 19.8. The number of benzene rings is 3. The summed E-state index contributed by atoms with van der Waals surface area (Å²) in [6, 6.07) is 16.1. The van der Waals surface area contributed by atoms with Gasteiger partial charge in [-0.2, -0.15) is 0 Å². The second kappa shape index (κ2) is 13.8. The first-order valence-electron chi connectivity index (χ1n) is 12.4. The highest BCUT2D eigenvalue weighted by Gasteiger charge is 2.15. The van der Waals surface area contributed by atoms with E-state index >= 15 is 0 Å². The molecule has 11 heteroatoms. The van der Waals surface area contributed by atoms with Crippen molar-refractivity contribution in [3.63, 3.8) is 0 Å². The van der Waals surface area contributed by atoms with Gasteiger partial charge in [-0.05, 0) is 61.0 Å². The number of Topliss-reactive ketones (excluding diaryl/α,β-unsaturated/α-hetero) is 1. The molecular weight excluding hydrogens is 549 g/mol. The summed E-state index contributed by atoms with van der Waals surface area (Å²) in [7, 11) is 0. The molecule has 0 saturated heterocycles. The zero-order chi connectivity index (χ0) is 29.2. The standard InChI is InChI=1S/C30H25ClFN5O4/c1-2-3-4-8-28(39)33-16-26(38)30(40)37-21-9-11-25-23(14-21)29(35-18-34-25)36-22-10-12-27(24(31)15-22)41-17-19-6-5-7-20(32)13-19/h2-15,18H,16-17H2,1H3,(H,33,39)(H,37,40)(H,34,35,36)/b3-2+,8-4+. The number of ether oxygens (including phenoxy) is 1. The molecule has 0 aliphatic carbocycles. The Hall–Kier alpha value is -5.09. The third kappa shape index (κ3) is 8.20. The molecule has 1 heterocycles. The van der Waals surface area contributed by atoms with Gasteiger partial charge in [0.25, 0.3) is 5.91 Å². The van der Waals surface area contributed by atoms with Gasteiger partial charge < -0.3 is 20.7 Å². The van der Waals surface area contributed by atoms with Crippen molar-refractivity contribution in [3.8, 4) is 5.75 Å². The van der Waals surface area contributed by atoms with Crippen molar-refractivity contribution in [1.82, 2.24) is 15.3 Å². The van der Waals surface area contributed by atoms with Crippen molar-refractivity contribution in [2.75, 3.05) is 17.2 Å². The van der Waals surface area contributed by atoms with Crippen LogP contribution in [0.2, 0.25) is 5.02 Å². The molecule has 0 bridgehead atoms. The lowest BCUT2D eigenvalue weighted by molar-refractivity contribution is -0.134. The summed E-state index contributed by atoms with van der Waals surface area (Å²) >= 11 is 6.42. The van der Waals surface area contributed by atoms with Crippen LogP contribution in [0.25, 0.3) is 10.9 Å². The molecule has 0 spiro atoms. The van der Waals surface area contributed by atoms with Crippen LogP contribution in [0.15, 0.2) is 91.3 Å². The highest BCUT2D eigenvalue weighted by Crippen LogP contribution is 2.31. The van der Waals surface area contributed by atoms with Gasteiger partial charge in [0.1, 0.15) is 30.3 Å². The molecule has 0 saturated carbocycles. The summed E-state index contributed by atoms with van der Waals surface area (Å²) in [6.45, 7) is 1.50. The van der Waals surface area contributed by atoms with Crippen LogP contribution >= 0.6 is 11.6 Å². The van der Waals surface area contributed by atoms with E-state index in [0.29, 0.717) is 44.4 Å². The monoisotopic (exact) mass is 573 g/mol. The fourth-order valence-electron chi connectivity index (χ4n) is 3.62. The van der Waals surface area contributed by atoms with E-state index in [1.165, 1.54) is 30.6 Å². The molecule has 0 atom stereocenters. The Labute approximate surface area is 240 Å². The quantitative estimate of drug-likeness (QED) is 0.123.